The van der Waals surface area contributed by atoms with Crippen LogP contribution >= 0.6 is 0 Å². The van der Waals surface area contributed by atoms with Crippen molar-refractivity contribution in [2.45, 2.75) is 19.4 Å². The van der Waals surface area contributed by atoms with E-state index in [2.05, 4.69) is 5.32 Å². The highest BCUT2D eigenvalue weighted by atomic mass is 32.2. The van der Waals surface area contributed by atoms with Crippen LogP contribution in [0.2, 0.25) is 0 Å². The van der Waals surface area contributed by atoms with Gasteiger partial charge >= 0.3 is 0 Å². The van der Waals surface area contributed by atoms with Crippen LogP contribution in [0.4, 0.5) is 11.4 Å². The van der Waals surface area contributed by atoms with Gasteiger partial charge in [-0.1, -0.05) is 12.1 Å². The molecule has 0 aromatic heterocycles. The average Bonchev–Trinajstić information content (AvgIpc) is 2.66. The lowest BCUT2D eigenvalue weighted by atomic mass is 10.1. The molecule has 0 atom stereocenters. The van der Waals surface area contributed by atoms with Gasteiger partial charge in [-0.25, -0.2) is 8.42 Å². The Balaban J connectivity index is 1.62. The van der Waals surface area contributed by atoms with Gasteiger partial charge in [0.05, 0.1) is 11.4 Å². The number of carbonyl (C=O) groups excluding carboxylic acids is 1. The highest BCUT2D eigenvalue weighted by Gasteiger charge is 2.25. The van der Waals surface area contributed by atoms with Crippen molar-refractivity contribution in [2.75, 3.05) is 35.6 Å². The SMILES string of the molecule is CN(C)c1ccc(CNC(=O)c2ccc(N3CCCCS3(=O)=O)cc2)cc1. The van der Waals surface area contributed by atoms with Crippen LogP contribution < -0.4 is 14.5 Å². The highest BCUT2D eigenvalue weighted by Crippen LogP contribution is 2.23. The largest absolute Gasteiger partial charge is 0.378 e. The summed E-state index contributed by atoms with van der Waals surface area (Å²) in [5, 5.41) is 2.89. The van der Waals surface area contributed by atoms with Crippen molar-refractivity contribution in [3.63, 3.8) is 0 Å². The number of nitrogens with zero attached hydrogens (tertiary/aromatic N) is 2. The van der Waals surface area contributed by atoms with Crippen molar-refractivity contribution >= 4 is 27.3 Å². The second kappa shape index (κ2) is 8.00. The Morgan fingerprint density at radius 2 is 1.70 bits per heavy atom. The van der Waals surface area contributed by atoms with Gasteiger partial charge in [0.1, 0.15) is 0 Å². The molecule has 144 valence electrons. The van der Waals surface area contributed by atoms with E-state index in [9.17, 15) is 13.2 Å². The lowest BCUT2D eigenvalue weighted by Crippen LogP contribution is -2.37. The number of rotatable bonds is 5. The van der Waals surface area contributed by atoms with Gasteiger partial charge in [0, 0.05) is 38.4 Å². The molecule has 0 spiro atoms. The fourth-order valence-electron chi connectivity index (χ4n) is 3.05. The van der Waals surface area contributed by atoms with Gasteiger partial charge in [0.25, 0.3) is 5.91 Å². The average molecular weight is 388 g/mol. The maximum Gasteiger partial charge on any atom is 0.251 e. The van der Waals surface area contributed by atoms with Crippen molar-refractivity contribution in [3.05, 3.63) is 59.7 Å². The van der Waals surface area contributed by atoms with Crippen LogP contribution in [0.25, 0.3) is 0 Å². The molecule has 1 heterocycles. The van der Waals surface area contributed by atoms with Crippen molar-refractivity contribution in [1.29, 1.82) is 0 Å². The van der Waals surface area contributed by atoms with Crippen LogP contribution in [-0.2, 0) is 16.6 Å². The Labute approximate surface area is 160 Å². The van der Waals surface area contributed by atoms with Crippen molar-refractivity contribution in [3.8, 4) is 0 Å². The maximum atomic E-state index is 12.4. The van der Waals surface area contributed by atoms with E-state index >= 15 is 0 Å². The zero-order valence-corrected chi connectivity index (χ0v) is 16.5. The third-order valence-electron chi connectivity index (χ3n) is 4.67. The first-order valence-electron chi connectivity index (χ1n) is 9.02. The molecule has 1 aliphatic heterocycles. The molecule has 2 aromatic rings. The van der Waals surface area contributed by atoms with E-state index < -0.39 is 10.0 Å². The van der Waals surface area contributed by atoms with Crippen LogP contribution in [0.5, 0.6) is 0 Å². The minimum Gasteiger partial charge on any atom is -0.378 e. The van der Waals surface area contributed by atoms with Crippen LogP contribution in [0.1, 0.15) is 28.8 Å². The number of anilines is 2. The Hall–Kier alpha value is -2.54. The predicted octanol–water partition coefficient (Wildman–Crippen LogP) is 2.61. The number of hydrogen-bond donors (Lipinski definition) is 1. The number of sulfonamides is 1. The van der Waals surface area contributed by atoms with Crippen molar-refractivity contribution < 1.29 is 13.2 Å². The molecular weight excluding hydrogens is 362 g/mol. The molecule has 0 saturated carbocycles. The Kier molecular flexibility index (Phi) is 5.70. The summed E-state index contributed by atoms with van der Waals surface area (Å²) in [4.78, 5) is 14.4. The van der Waals surface area contributed by atoms with Gasteiger partial charge in [0.2, 0.25) is 10.0 Å². The second-order valence-electron chi connectivity index (χ2n) is 6.89. The van der Waals surface area contributed by atoms with E-state index in [-0.39, 0.29) is 11.7 Å². The predicted molar refractivity (Wildman–Crippen MR) is 109 cm³/mol. The quantitative estimate of drug-likeness (QED) is 0.856. The molecule has 1 saturated heterocycles. The van der Waals surface area contributed by atoms with Gasteiger partial charge in [-0.15, -0.1) is 0 Å². The van der Waals surface area contributed by atoms with Gasteiger partial charge in [-0.2, -0.15) is 0 Å². The van der Waals surface area contributed by atoms with E-state index in [4.69, 9.17) is 0 Å². The molecular formula is C20H25N3O3S. The molecule has 27 heavy (non-hydrogen) atoms. The summed E-state index contributed by atoms with van der Waals surface area (Å²) in [6, 6.07) is 14.7. The lowest BCUT2D eigenvalue weighted by Gasteiger charge is -2.28. The lowest BCUT2D eigenvalue weighted by molar-refractivity contribution is 0.0951. The third kappa shape index (κ3) is 4.60. The van der Waals surface area contributed by atoms with E-state index in [1.54, 1.807) is 24.3 Å². The minimum absolute atomic E-state index is 0.181. The highest BCUT2D eigenvalue weighted by molar-refractivity contribution is 7.92. The van der Waals surface area contributed by atoms with Crippen LogP contribution in [0.3, 0.4) is 0 Å². The van der Waals surface area contributed by atoms with E-state index in [1.807, 2.05) is 43.3 Å². The van der Waals surface area contributed by atoms with Gasteiger partial charge in [-0.05, 0) is 54.8 Å². The summed E-state index contributed by atoms with van der Waals surface area (Å²) in [6.45, 7) is 0.936. The molecule has 0 unspecified atom stereocenters. The Morgan fingerprint density at radius 3 is 2.30 bits per heavy atom. The number of carbonyl (C=O) groups is 1. The Bertz CT molecular complexity index is 891. The molecule has 2 aromatic carbocycles. The molecule has 1 amide bonds. The van der Waals surface area contributed by atoms with Crippen LogP contribution in [0, 0.1) is 0 Å². The molecule has 3 rings (SSSR count). The number of nitrogens with one attached hydrogen (secondary N) is 1. The monoisotopic (exact) mass is 387 g/mol. The summed E-state index contributed by atoms with van der Waals surface area (Å²) in [7, 11) is 0.727. The molecule has 6 nitrogen and oxygen atoms in total. The standard InChI is InChI=1S/C20H25N3O3S/c1-22(2)18-9-5-16(6-10-18)15-21-20(24)17-7-11-19(12-8-17)23-13-3-4-14-27(23,25)26/h5-12H,3-4,13-15H2,1-2H3,(H,21,24). The molecule has 0 aliphatic carbocycles. The normalized spacial score (nSPS) is 16.0. The van der Waals surface area contributed by atoms with E-state index in [0.717, 1.165) is 17.7 Å². The van der Waals surface area contributed by atoms with Crippen molar-refractivity contribution in [1.82, 2.24) is 5.32 Å². The summed E-state index contributed by atoms with van der Waals surface area (Å²) in [5.74, 6) is 0.00159. The molecule has 1 aliphatic rings. The summed E-state index contributed by atoms with van der Waals surface area (Å²) >= 11 is 0. The van der Waals surface area contributed by atoms with Crippen molar-refractivity contribution in [2.24, 2.45) is 0 Å². The first-order valence-corrected chi connectivity index (χ1v) is 10.6. The first-order chi connectivity index (χ1) is 12.9. The summed E-state index contributed by atoms with van der Waals surface area (Å²) < 4.78 is 25.8. The van der Waals surface area contributed by atoms with Gasteiger partial charge in [-0.3, -0.25) is 9.10 Å². The number of benzene rings is 2. The maximum absolute atomic E-state index is 12.4. The smallest absolute Gasteiger partial charge is 0.251 e. The zero-order valence-electron chi connectivity index (χ0n) is 15.7. The summed E-state index contributed by atoms with van der Waals surface area (Å²) in [5.41, 5.74) is 3.25. The number of amides is 1. The molecule has 1 N–H and O–H groups in total. The Morgan fingerprint density at radius 1 is 1.04 bits per heavy atom. The van der Waals surface area contributed by atoms with E-state index in [0.29, 0.717) is 30.8 Å². The molecule has 0 bridgehead atoms. The second-order valence-corrected chi connectivity index (χ2v) is 8.90. The van der Waals surface area contributed by atoms with Gasteiger partial charge < -0.3 is 10.2 Å². The fraction of sp³-hybridized carbons (Fsp3) is 0.350. The third-order valence-corrected chi connectivity index (χ3v) is 6.54. The molecule has 7 heteroatoms. The van der Waals surface area contributed by atoms with E-state index in [1.165, 1.54) is 4.31 Å². The minimum atomic E-state index is -3.24. The van der Waals surface area contributed by atoms with Crippen LogP contribution in [0.15, 0.2) is 48.5 Å². The summed E-state index contributed by atoms with van der Waals surface area (Å²) in [6.07, 6.45) is 1.56. The molecule has 0 radical (unpaired) electrons. The zero-order chi connectivity index (χ0) is 19.4. The van der Waals surface area contributed by atoms with Gasteiger partial charge in [0.15, 0.2) is 0 Å². The fourth-order valence-corrected chi connectivity index (χ4v) is 4.69. The molecule has 1 fully saturated rings. The van der Waals surface area contributed by atoms with Crippen LogP contribution in [-0.4, -0.2) is 40.7 Å². The first kappa shape index (κ1) is 19.2. The number of hydrogen-bond acceptors (Lipinski definition) is 4. The topological polar surface area (TPSA) is 69.7 Å².